The van der Waals surface area contributed by atoms with Crippen LogP contribution >= 0.6 is 11.6 Å². The number of alkyl halides is 3. The summed E-state index contributed by atoms with van der Waals surface area (Å²) in [4.78, 5) is 13.2. The third-order valence-electron chi connectivity index (χ3n) is 5.12. The Hall–Kier alpha value is -2.21. The molecule has 0 radical (unpaired) electrons. The van der Waals surface area contributed by atoms with Crippen LogP contribution in [0, 0.1) is 0 Å². The highest BCUT2D eigenvalue weighted by Gasteiger charge is 2.44. The van der Waals surface area contributed by atoms with Gasteiger partial charge in [-0.2, -0.15) is 13.2 Å². The second-order valence-corrected chi connectivity index (χ2v) is 7.27. The van der Waals surface area contributed by atoms with Crippen LogP contribution in [0.15, 0.2) is 42.5 Å². The van der Waals surface area contributed by atoms with Crippen molar-refractivity contribution in [3.63, 3.8) is 0 Å². The van der Waals surface area contributed by atoms with E-state index in [0.29, 0.717) is 23.4 Å². The zero-order valence-corrected chi connectivity index (χ0v) is 16.2. The zero-order valence-electron chi connectivity index (χ0n) is 15.4. The molecule has 2 aromatic rings. The summed E-state index contributed by atoms with van der Waals surface area (Å²) in [5.41, 5.74) is -0.951. The summed E-state index contributed by atoms with van der Waals surface area (Å²) in [6.07, 6.45) is -1.66. The Morgan fingerprint density at radius 1 is 1.18 bits per heavy atom. The Bertz CT molecular complexity index is 861. The fourth-order valence-electron chi connectivity index (χ4n) is 3.81. The normalized spacial score (nSPS) is 16.0. The second kappa shape index (κ2) is 8.03. The Morgan fingerprint density at radius 3 is 2.46 bits per heavy atom. The van der Waals surface area contributed by atoms with E-state index < -0.39 is 17.2 Å². The molecule has 0 atom stereocenters. The standard InChI is InChI=1S/C21H21ClF3NO2/c1-2-28-18-10-9-14(13-16(18)21(23,24)25)26-19(27)20(11-5-6-12-20)15-7-3-4-8-17(15)22/h3-4,7-10,13H,2,5-6,11-12H2,1H3,(H,26,27). The van der Waals surface area contributed by atoms with Gasteiger partial charge in [0.1, 0.15) is 5.75 Å². The smallest absolute Gasteiger partial charge is 0.420 e. The van der Waals surface area contributed by atoms with Gasteiger partial charge in [-0.15, -0.1) is 0 Å². The minimum absolute atomic E-state index is 0.0825. The molecule has 0 aliphatic heterocycles. The Balaban J connectivity index is 1.94. The maximum atomic E-state index is 13.4. The average molecular weight is 412 g/mol. The van der Waals surface area contributed by atoms with Gasteiger partial charge in [-0.3, -0.25) is 4.79 Å². The number of rotatable bonds is 5. The van der Waals surface area contributed by atoms with Crippen molar-refractivity contribution in [3.8, 4) is 5.75 Å². The van der Waals surface area contributed by atoms with Gasteiger partial charge in [0.2, 0.25) is 5.91 Å². The fourth-order valence-corrected chi connectivity index (χ4v) is 4.12. The summed E-state index contributed by atoms with van der Waals surface area (Å²) in [5.74, 6) is -0.593. The van der Waals surface area contributed by atoms with E-state index in [0.717, 1.165) is 18.9 Å². The molecular formula is C21H21ClF3NO2. The highest BCUT2D eigenvalue weighted by Crippen LogP contribution is 2.45. The largest absolute Gasteiger partial charge is 0.493 e. The predicted octanol–water partition coefficient (Wildman–Crippen LogP) is 6.21. The van der Waals surface area contributed by atoms with Crippen LogP contribution in [0.25, 0.3) is 0 Å². The van der Waals surface area contributed by atoms with Crippen molar-refractivity contribution in [3.05, 3.63) is 58.6 Å². The molecule has 3 nitrogen and oxygen atoms in total. The van der Waals surface area contributed by atoms with Crippen LogP contribution in [-0.4, -0.2) is 12.5 Å². The van der Waals surface area contributed by atoms with Gasteiger partial charge in [0.15, 0.2) is 0 Å². The molecule has 0 bridgehead atoms. The second-order valence-electron chi connectivity index (χ2n) is 6.86. The van der Waals surface area contributed by atoms with E-state index in [1.165, 1.54) is 12.1 Å². The van der Waals surface area contributed by atoms with Crippen LogP contribution in [0.4, 0.5) is 18.9 Å². The van der Waals surface area contributed by atoms with Gasteiger partial charge in [-0.1, -0.05) is 42.6 Å². The van der Waals surface area contributed by atoms with Crippen molar-refractivity contribution in [1.82, 2.24) is 0 Å². The number of ether oxygens (including phenoxy) is 1. The number of hydrogen-bond donors (Lipinski definition) is 1. The minimum atomic E-state index is -4.58. The first-order valence-electron chi connectivity index (χ1n) is 9.18. The molecule has 2 aromatic carbocycles. The molecule has 28 heavy (non-hydrogen) atoms. The molecule has 0 heterocycles. The lowest BCUT2D eigenvalue weighted by Gasteiger charge is -2.29. The lowest BCUT2D eigenvalue weighted by atomic mass is 9.78. The Kier molecular flexibility index (Phi) is 5.89. The molecule has 7 heteroatoms. The van der Waals surface area contributed by atoms with Gasteiger partial charge in [0, 0.05) is 10.7 Å². The van der Waals surface area contributed by atoms with E-state index in [4.69, 9.17) is 16.3 Å². The SMILES string of the molecule is CCOc1ccc(NC(=O)C2(c3ccccc3Cl)CCCC2)cc1C(F)(F)F. The Morgan fingerprint density at radius 2 is 1.86 bits per heavy atom. The number of hydrogen-bond acceptors (Lipinski definition) is 2. The van der Waals surface area contributed by atoms with Gasteiger partial charge in [0.05, 0.1) is 17.6 Å². The number of carbonyl (C=O) groups is 1. The third kappa shape index (κ3) is 3.97. The van der Waals surface area contributed by atoms with Crippen LogP contribution in [-0.2, 0) is 16.4 Å². The molecular weight excluding hydrogens is 391 g/mol. The van der Waals surface area contributed by atoms with Gasteiger partial charge in [-0.25, -0.2) is 0 Å². The lowest BCUT2D eigenvalue weighted by Crippen LogP contribution is -2.38. The number of nitrogens with one attached hydrogen (secondary N) is 1. The first-order chi connectivity index (χ1) is 13.3. The van der Waals surface area contributed by atoms with Gasteiger partial charge in [0.25, 0.3) is 0 Å². The first kappa shape index (κ1) is 20.5. The summed E-state index contributed by atoms with van der Waals surface area (Å²) in [5, 5.41) is 3.17. The highest BCUT2D eigenvalue weighted by molar-refractivity contribution is 6.31. The molecule has 1 amide bonds. The summed E-state index contributed by atoms with van der Waals surface area (Å²) >= 11 is 6.34. The van der Waals surface area contributed by atoms with Crippen molar-refractivity contribution in [2.45, 2.75) is 44.2 Å². The number of halogens is 4. The molecule has 3 rings (SSSR count). The molecule has 1 fully saturated rings. The summed E-state index contributed by atoms with van der Waals surface area (Å²) in [6, 6.07) is 10.7. The molecule has 0 unspecified atom stereocenters. The third-order valence-corrected chi connectivity index (χ3v) is 5.45. The van der Waals surface area contributed by atoms with E-state index in [2.05, 4.69) is 5.32 Å². The molecule has 0 aromatic heterocycles. The minimum Gasteiger partial charge on any atom is -0.493 e. The van der Waals surface area contributed by atoms with E-state index in [1.54, 1.807) is 19.1 Å². The van der Waals surface area contributed by atoms with E-state index in [-0.39, 0.29) is 24.0 Å². The molecule has 1 aliphatic rings. The molecule has 0 saturated heterocycles. The van der Waals surface area contributed by atoms with E-state index in [1.807, 2.05) is 12.1 Å². The number of amides is 1. The number of anilines is 1. The highest BCUT2D eigenvalue weighted by atomic mass is 35.5. The van der Waals surface area contributed by atoms with Gasteiger partial charge in [-0.05, 0) is 49.6 Å². The van der Waals surface area contributed by atoms with Crippen LogP contribution in [0.5, 0.6) is 5.75 Å². The van der Waals surface area contributed by atoms with Crippen molar-refractivity contribution in [1.29, 1.82) is 0 Å². The van der Waals surface area contributed by atoms with Gasteiger partial charge < -0.3 is 10.1 Å². The van der Waals surface area contributed by atoms with Crippen molar-refractivity contribution >= 4 is 23.2 Å². The molecule has 1 N–H and O–H groups in total. The van der Waals surface area contributed by atoms with E-state index >= 15 is 0 Å². The number of benzene rings is 2. The van der Waals surface area contributed by atoms with Gasteiger partial charge >= 0.3 is 6.18 Å². The fraction of sp³-hybridized carbons (Fsp3) is 0.381. The topological polar surface area (TPSA) is 38.3 Å². The molecule has 1 aliphatic carbocycles. The predicted molar refractivity (Wildman–Crippen MR) is 103 cm³/mol. The molecule has 0 spiro atoms. The van der Waals surface area contributed by atoms with E-state index in [9.17, 15) is 18.0 Å². The average Bonchev–Trinajstić information content (AvgIpc) is 3.13. The molecule has 1 saturated carbocycles. The maximum Gasteiger partial charge on any atom is 0.420 e. The van der Waals surface area contributed by atoms with Crippen molar-refractivity contribution in [2.24, 2.45) is 0 Å². The maximum absolute atomic E-state index is 13.4. The van der Waals surface area contributed by atoms with Crippen LogP contribution in [0.3, 0.4) is 0 Å². The van der Waals surface area contributed by atoms with Crippen LogP contribution in [0.2, 0.25) is 5.02 Å². The zero-order chi connectivity index (χ0) is 20.4. The first-order valence-corrected chi connectivity index (χ1v) is 9.56. The number of carbonyl (C=O) groups excluding carboxylic acids is 1. The Labute approximate surface area is 166 Å². The molecule has 150 valence electrons. The van der Waals surface area contributed by atoms with Crippen molar-refractivity contribution in [2.75, 3.05) is 11.9 Å². The summed E-state index contributed by atoms with van der Waals surface area (Å²) < 4.78 is 45.2. The summed E-state index contributed by atoms with van der Waals surface area (Å²) in [6.45, 7) is 1.73. The summed E-state index contributed by atoms with van der Waals surface area (Å²) in [7, 11) is 0. The quantitative estimate of drug-likeness (QED) is 0.635. The van der Waals surface area contributed by atoms with Crippen molar-refractivity contribution < 1.29 is 22.7 Å². The van der Waals surface area contributed by atoms with Crippen LogP contribution in [0.1, 0.15) is 43.7 Å². The monoisotopic (exact) mass is 411 g/mol. The lowest BCUT2D eigenvalue weighted by molar-refractivity contribution is -0.139. The van der Waals surface area contributed by atoms with Crippen LogP contribution < -0.4 is 10.1 Å².